The molecule has 0 aliphatic heterocycles. The third kappa shape index (κ3) is 0.898. The molecule has 2 atom stereocenters. The van der Waals surface area contributed by atoms with Crippen molar-refractivity contribution in [3.05, 3.63) is 11.4 Å². The normalized spacial score (nSPS) is 25.1. The maximum atomic E-state index is 11.9. The van der Waals surface area contributed by atoms with Crippen molar-refractivity contribution >= 4 is 17.3 Å². The van der Waals surface area contributed by atoms with Crippen LogP contribution in [-0.2, 0) is 4.79 Å². The Morgan fingerprint density at radius 1 is 1.25 bits per heavy atom. The number of imidazole rings is 1. The van der Waals surface area contributed by atoms with Crippen molar-refractivity contribution in [3.8, 4) is 0 Å². The van der Waals surface area contributed by atoms with Crippen LogP contribution < -0.4 is 0 Å². The van der Waals surface area contributed by atoms with Gasteiger partial charge in [0.2, 0.25) is 0 Å². The van der Waals surface area contributed by atoms with Crippen molar-refractivity contribution in [2.45, 2.75) is 19.8 Å². The summed E-state index contributed by atoms with van der Waals surface area (Å²) in [5.74, 6) is -0.856. The summed E-state index contributed by atoms with van der Waals surface area (Å²) < 4.78 is 1.42. The molecule has 1 aliphatic rings. The van der Waals surface area contributed by atoms with E-state index in [4.69, 9.17) is 0 Å². The SMILES string of the molecule is CC1C(=O)c2[nH]c3nnnn3c2C(C)C1=O. The number of nitrogens with zero attached hydrogens (tertiary/aromatic N) is 4. The number of hydrogen-bond donors (Lipinski definition) is 1. The molecule has 16 heavy (non-hydrogen) atoms. The van der Waals surface area contributed by atoms with E-state index in [0.29, 0.717) is 17.2 Å². The fourth-order valence-corrected chi connectivity index (χ4v) is 2.15. The largest absolute Gasteiger partial charge is 0.318 e. The standard InChI is InChI=1S/C9H9N5O2/c1-3-6-5(8(16)4(2)7(3)15)10-9-11-12-13-14(6)9/h3-4H,1-2H3,(H,10,11,13). The number of aromatic nitrogens is 5. The van der Waals surface area contributed by atoms with E-state index in [1.165, 1.54) is 4.52 Å². The third-order valence-corrected chi connectivity index (χ3v) is 3.09. The number of ketones is 2. The van der Waals surface area contributed by atoms with Crippen LogP contribution in [0.1, 0.15) is 35.9 Å². The second-order valence-electron chi connectivity index (χ2n) is 4.01. The maximum Gasteiger partial charge on any atom is 0.252 e. The highest BCUT2D eigenvalue weighted by Gasteiger charge is 2.39. The number of fused-ring (bicyclic) bond motifs is 3. The summed E-state index contributed by atoms with van der Waals surface area (Å²) in [7, 11) is 0. The smallest absolute Gasteiger partial charge is 0.252 e. The summed E-state index contributed by atoms with van der Waals surface area (Å²) in [6.45, 7) is 3.39. The summed E-state index contributed by atoms with van der Waals surface area (Å²) in [6.07, 6.45) is 0. The van der Waals surface area contributed by atoms with Crippen LogP contribution in [0.25, 0.3) is 5.78 Å². The summed E-state index contributed by atoms with van der Waals surface area (Å²) >= 11 is 0. The number of rotatable bonds is 0. The number of nitrogens with one attached hydrogen (secondary N) is 1. The molecule has 1 aliphatic carbocycles. The van der Waals surface area contributed by atoms with Gasteiger partial charge < -0.3 is 4.98 Å². The Morgan fingerprint density at radius 3 is 2.75 bits per heavy atom. The van der Waals surface area contributed by atoms with Crippen LogP contribution in [0.4, 0.5) is 0 Å². The Labute approximate surface area is 89.8 Å². The zero-order valence-electron chi connectivity index (χ0n) is 8.76. The van der Waals surface area contributed by atoms with Gasteiger partial charge in [-0.1, -0.05) is 5.10 Å². The van der Waals surface area contributed by atoms with E-state index in [0.717, 1.165) is 0 Å². The van der Waals surface area contributed by atoms with Crippen molar-refractivity contribution in [1.29, 1.82) is 0 Å². The van der Waals surface area contributed by atoms with Crippen molar-refractivity contribution in [2.75, 3.05) is 0 Å². The Hall–Kier alpha value is -2.05. The van der Waals surface area contributed by atoms with Gasteiger partial charge in [0, 0.05) is 0 Å². The number of Topliss-reactive ketones (excluding diaryl/α,β-unsaturated/α-hetero) is 2. The molecule has 3 rings (SSSR count). The van der Waals surface area contributed by atoms with Gasteiger partial charge in [-0.3, -0.25) is 9.59 Å². The quantitative estimate of drug-likeness (QED) is 0.627. The molecule has 0 saturated heterocycles. The topological polar surface area (TPSA) is 93.0 Å². The Kier molecular flexibility index (Phi) is 1.58. The molecule has 82 valence electrons. The van der Waals surface area contributed by atoms with Crippen LogP contribution in [0.5, 0.6) is 0 Å². The first-order chi connectivity index (χ1) is 7.61. The first-order valence-electron chi connectivity index (χ1n) is 4.99. The van der Waals surface area contributed by atoms with Gasteiger partial charge in [-0.2, -0.15) is 4.52 Å². The second kappa shape index (κ2) is 2.75. The highest BCUT2D eigenvalue weighted by molar-refractivity contribution is 6.15. The minimum Gasteiger partial charge on any atom is -0.318 e. The van der Waals surface area contributed by atoms with Crippen LogP contribution >= 0.6 is 0 Å². The fourth-order valence-electron chi connectivity index (χ4n) is 2.15. The molecule has 2 aromatic heterocycles. The molecule has 0 fully saturated rings. The Bertz CT molecular complexity index is 610. The molecular formula is C9H9N5O2. The molecule has 2 aromatic rings. The zero-order chi connectivity index (χ0) is 11.4. The van der Waals surface area contributed by atoms with E-state index < -0.39 is 5.92 Å². The van der Waals surface area contributed by atoms with Gasteiger partial charge in [-0.15, -0.1) is 0 Å². The van der Waals surface area contributed by atoms with Crippen LogP contribution in [-0.4, -0.2) is 36.6 Å². The van der Waals surface area contributed by atoms with Crippen molar-refractivity contribution in [2.24, 2.45) is 5.92 Å². The summed E-state index contributed by atoms with van der Waals surface area (Å²) in [5.41, 5.74) is 0.991. The average molecular weight is 219 g/mol. The van der Waals surface area contributed by atoms with E-state index in [1.807, 2.05) is 0 Å². The molecule has 2 heterocycles. The van der Waals surface area contributed by atoms with Gasteiger partial charge in [0.05, 0.1) is 17.5 Å². The summed E-state index contributed by atoms with van der Waals surface area (Å²) in [5, 5.41) is 11.0. The predicted molar refractivity (Wildman–Crippen MR) is 52.0 cm³/mol. The number of hydrogen-bond acceptors (Lipinski definition) is 5. The predicted octanol–water partition coefficient (Wildman–Crippen LogP) is -0.0426. The van der Waals surface area contributed by atoms with Gasteiger partial charge in [0.1, 0.15) is 5.69 Å². The molecule has 0 bridgehead atoms. The average Bonchev–Trinajstić information content (AvgIpc) is 2.82. The van der Waals surface area contributed by atoms with Crippen LogP contribution in [0.2, 0.25) is 0 Å². The first-order valence-corrected chi connectivity index (χ1v) is 4.99. The van der Waals surface area contributed by atoms with Crippen LogP contribution in [0.15, 0.2) is 0 Å². The minimum absolute atomic E-state index is 0.0890. The number of carbonyl (C=O) groups excluding carboxylic acids is 2. The van der Waals surface area contributed by atoms with Gasteiger partial charge in [-0.25, -0.2) is 0 Å². The number of carbonyl (C=O) groups is 2. The lowest BCUT2D eigenvalue weighted by Crippen LogP contribution is -2.33. The highest BCUT2D eigenvalue weighted by Crippen LogP contribution is 2.31. The number of aromatic amines is 1. The monoisotopic (exact) mass is 219 g/mol. The van der Waals surface area contributed by atoms with Crippen molar-refractivity contribution in [1.82, 2.24) is 25.0 Å². The lowest BCUT2D eigenvalue weighted by atomic mass is 9.82. The van der Waals surface area contributed by atoms with E-state index >= 15 is 0 Å². The Balaban J connectivity index is 2.36. The second-order valence-corrected chi connectivity index (χ2v) is 4.01. The van der Waals surface area contributed by atoms with Gasteiger partial charge in [-0.05, 0) is 24.3 Å². The van der Waals surface area contributed by atoms with Gasteiger partial charge in [0.15, 0.2) is 11.6 Å². The molecule has 7 nitrogen and oxygen atoms in total. The molecule has 0 saturated carbocycles. The summed E-state index contributed by atoms with van der Waals surface area (Å²) in [4.78, 5) is 26.6. The van der Waals surface area contributed by atoms with Crippen molar-refractivity contribution < 1.29 is 9.59 Å². The van der Waals surface area contributed by atoms with Crippen LogP contribution in [0.3, 0.4) is 0 Å². The zero-order valence-corrected chi connectivity index (χ0v) is 8.76. The molecule has 1 N–H and O–H groups in total. The number of tetrazole rings is 1. The third-order valence-electron chi connectivity index (χ3n) is 3.09. The van der Waals surface area contributed by atoms with E-state index in [9.17, 15) is 9.59 Å². The van der Waals surface area contributed by atoms with Crippen LogP contribution in [0, 0.1) is 5.92 Å². The minimum atomic E-state index is -0.598. The van der Waals surface area contributed by atoms with Crippen molar-refractivity contribution in [3.63, 3.8) is 0 Å². The lowest BCUT2D eigenvalue weighted by molar-refractivity contribution is -0.122. The maximum absolute atomic E-state index is 11.9. The fraction of sp³-hybridized carbons (Fsp3) is 0.444. The Morgan fingerprint density at radius 2 is 2.00 bits per heavy atom. The van der Waals surface area contributed by atoms with E-state index in [2.05, 4.69) is 20.5 Å². The van der Waals surface area contributed by atoms with Gasteiger partial charge in [0.25, 0.3) is 5.78 Å². The molecule has 7 heteroatoms. The first kappa shape index (κ1) is 9.20. The number of H-pyrrole nitrogens is 1. The highest BCUT2D eigenvalue weighted by atomic mass is 16.2. The molecular weight excluding hydrogens is 210 g/mol. The molecule has 0 aromatic carbocycles. The molecule has 0 spiro atoms. The van der Waals surface area contributed by atoms with Gasteiger partial charge >= 0.3 is 0 Å². The van der Waals surface area contributed by atoms with E-state index in [1.54, 1.807) is 13.8 Å². The molecule has 0 radical (unpaired) electrons. The van der Waals surface area contributed by atoms with E-state index in [-0.39, 0.29) is 17.5 Å². The molecule has 2 unspecified atom stereocenters. The lowest BCUT2D eigenvalue weighted by Gasteiger charge is -2.20. The summed E-state index contributed by atoms with van der Waals surface area (Å²) in [6, 6.07) is 0. The molecule has 0 amide bonds.